The molecule has 3 aliphatic heterocycles. The second-order valence-corrected chi connectivity index (χ2v) is 10.5. The van der Waals surface area contributed by atoms with Crippen LogP contribution in [0.4, 0.5) is 0 Å². The number of ether oxygens (including phenoxy) is 2. The number of hydrogen-bond acceptors (Lipinski definition) is 6. The molecule has 0 aromatic rings. The first-order chi connectivity index (χ1) is 16.6. The summed E-state index contributed by atoms with van der Waals surface area (Å²) in [5.74, 6) is -2.68. The number of fused-ring (bicyclic) bond motifs is 1. The zero-order valence-electron chi connectivity index (χ0n) is 21.7. The molecule has 3 saturated heterocycles. The van der Waals surface area contributed by atoms with E-state index in [-0.39, 0.29) is 30.9 Å². The maximum Gasteiger partial charge on any atom is 0.312 e. The van der Waals surface area contributed by atoms with Gasteiger partial charge < -0.3 is 24.4 Å². The molecule has 7 atom stereocenters. The van der Waals surface area contributed by atoms with Gasteiger partial charge >= 0.3 is 5.97 Å². The van der Waals surface area contributed by atoms with E-state index in [1.807, 2.05) is 13.8 Å². The van der Waals surface area contributed by atoms with Gasteiger partial charge in [-0.25, -0.2) is 0 Å². The topological polar surface area (TPSA) is 96.4 Å². The molecule has 3 heterocycles. The largest absolute Gasteiger partial charge is 0.465 e. The summed E-state index contributed by atoms with van der Waals surface area (Å²) in [6, 6.07) is -1.51. The van der Waals surface area contributed by atoms with Crippen molar-refractivity contribution in [2.24, 2.45) is 17.8 Å². The molecular weight excluding hydrogens is 448 g/mol. The minimum Gasteiger partial charge on any atom is -0.465 e. The predicted octanol–water partition coefficient (Wildman–Crippen LogP) is 2.70. The second kappa shape index (κ2) is 10.8. The van der Waals surface area contributed by atoms with Gasteiger partial charge in [-0.05, 0) is 45.4 Å². The summed E-state index contributed by atoms with van der Waals surface area (Å²) in [7, 11) is 0. The average Bonchev–Trinajstić information content (AvgIpc) is 3.35. The quantitative estimate of drug-likeness (QED) is 0.242. The van der Waals surface area contributed by atoms with Crippen molar-refractivity contribution in [3.63, 3.8) is 0 Å². The molecule has 1 spiro atoms. The lowest BCUT2D eigenvalue weighted by Gasteiger charge is -2.38. The van der Waals surface area contributed by atoms with Crippen molar-refractivity contribution in [1.29, 1.82) is 0 Å². The monoisotopic (exact) mass is 490 g/mol. The lowest BCUT2D eigenvalue weighted by molar-refractivity contribution is -0.163. The van der Waals surface area contributed by atoms with E-state index in [1.54, 1.807) is 24.0 Å². The number of rotatable bonds is 13. The van der Waals surface area contributed by atoms with E-state index in [0.717, 1.165) is 19.3 Å². The minimum atomic E-state index is -1.14. The van der Waals surface area contributed by atoms with Gasteiger partial charge in [0, 0.05) is 13.1 Å². The Morgan fingerprint density at radius 3 is 2.66 bits per heavy atom. The van der Waals surface area contributed by atoms with Gasteiger partial charge in [-0.3, -0.25) is 14.4 Å². The summed E-state index contributed by atoms with van der Waals surface area (Å²) in [5.41, 5.74) is -2.04. The fourth-order valence-electron chi connectivity index (χ4n) is 6.34. The van der Waals surface area contributed by atoms with Crippen LogP contribution >= 0.6 is 0 Å². The third-order valence-corrected chi connectivity index (χ3v) is 8.22. The summed E-state index contributed by atoms with van der Waals surface area (Å²) >= 11 is 0. The van der Waals surface area contributed by atoms with Crippen LogP contribution in [-0.4, -0.2) is 82.3 Å². The molecule has 3 aliphatic rings. The van der Waals surface area contributed by atoms with Crippen molar-refractivity contribution in [1.82, 2.24) is 9.80 Å². The Bertz CT molecular complexity index is 846. The number of carbonyl (C=O) groups is 3. The molecule has 0 radical (unpaired) electrons. The zero-order chi connectivity index (χ0) is 26.0. The van der Waals surface area contributed by atoms with E-state index >= 15 is 0 Å². The maximum absolute atomic E-state index is 14.1. The van der Waals surface area contributed by atoms with Crippen LogP contribution in [0.5, 0.6) is 0 Å². The van der Waals surface area contributed by atoms with Crippen molar-refractivity contribution in [3.8, 4) is 0 Å². The van der Waals surface area contributed by atoms with Gasteiger partial charge in [0.1, 0.15) is 17.6 Å². The predicted molar refractivity (Wildman–Crippen MR) is 132 cm³/mol. The van der Waals surface area contributed by atoms with E-state index < -0.39 is 41.1 Å². The molecule has 2 amide bonds. The van der Waals surface area contributed by atoms with E-state index in [2.05, 4.69) is 20.1 Å². The molecule has 8 heteroatoms. The number of amides is 2. The van der Waals surface area contributed by atoms with Gasteiger partial charge in [-0.1, -0.05) is 32.4 Å². The number of esters is 1. The Morgan fingerprint density at radius 1 is 1.34 bits per heavy atom. The van der Waals surface area contributed by atoms with Gasteiger partial charge in [0.2, 0.25) is 11.8 Å². The van der Waals surface area contributed by atoms with Gasteiger partial charge in [0.25, 0.3) is 0 Å². The third kappa shape index (κ3) is 4.44. The van der Waals surface area contributed by atoms with Crippen molar-refractivity contribution in [3.05, 3.63) is 25.3 Å². The molecule has 0 saturated carbocycles. The van der Waals surface area contributed by atoms with E-state index in [0.29, 0.717) is 25.9 Å². The molecule has 196 valence electrons. The van der Waals surface area contributed by atoms with Gasteiger partial charge in [-0.15, -0.1) is 13.2 Å². The minimum absolute atomic E-state index is 0.0551. The summed E-state index contributed by atoms with van der Waals surface area (Å²) in [4.78, 5) is 44.6. The molecule has 0 aliphatic carbocycles. The fourth-order valence-corrected chi connectivity index (χ4v) is 6.34. The van der Waals surface area contributed by atoms with Crippen LogP contribution in [0, 0.1) is 17.8 Å². The number of hydrogen-bond donors (Lipinski definition) is 1. The lowest BCUT2D eigenvalue weighted by atomic mass is 9.62. The van der Waals surface area contributed by atoms with Crippen LogP contribution in [-0.2, 0) is 23.9 Å². The third-order valence-electron chi connectivity index (χ3n) is 8.22. The lowest BCUT2D eigenvalue weighted by Crippen LogP contribution is -2.58. The molecule has 3 rings (SSSR count). The summed E-state index contributed by atoms with van der Waals surface area (Å²) in [5, 5.41) is 10.00. The van der Waals surface area contributed by atoms with Crippen LogP contribution in [0.15, 0.2) is 25.3 Å². The Labute approximate surface area is 209 Å². The number of allylic oxidation sites excluding steroid dienone is 1. The van der Waals surface area contributed by atoms with Crippen molar-refractivity contribution in [2.45, 2.75) is 83.1 Å². The standard InChI is InChI=1S/C27H42N2O6/c1-7-10-12-15-34-25(33)21-20-23(31)29(19(5)17-30)22(24(32)28(13-9-3)14-11-8-2)27(20)16-18(4)26(21,6)35-27/h7,9,18-22,30H,1,3,8,10-17H2,2,4-6H3/t18?,19-,20+,21-,22?,26+,27?/m1/s1. The summed E-state index contributed by atoms with van der Waals surface area (Å²) in [6.07, 6.45) is 7.05. The summed E-state index contributed by atoms with van der Waals surface area (Å²) < 4.78 is 12.3. The van der Waals surface area contributed by atoms with Gasteiger partial charge in [0.05, 0.1) is 30.8 Å². The number of nitrogens with zero attached hydrogens (tertiary/aromatic N) is 2. The highest BCUT2D eigenvalue weighted by Crippen LogP contribution is 2.65. The molecule has 0 aromatic carbocycles. The molecule has 0 aromatic heterocycles. The highest BCUT2D eigenvalue weighted by Gasteiger charge is 2.80. The highest BCUT2D eigenvalue weighted by atomic mass is 16.6. The highest BCUT2D eigenvalue weighted by molar-refractivity contribution is 5.98. The van der Waals surface area contributed by atoms with Crippen molar-refractivity contribution in [2.75, 3.05) is 26.3 Å². The number of unbranched alkanes of at least 4 members (excludes halogenated alkanes) is 2. The molecular formula is C27H42N2O6. The first-order valence-corrected chi connectivity index (χ1v) is 12.9. The Hall–Kier alpha value is -2.19. The number of carbonyl (C=O) groups excluding carboxylic acids is 3. The van der Waals surface area contributed by atoms with E-state index in [4.69, 9.17) is 9.47 Å². The number of likely N-dealkylation sites (tertiary alicyclic amines) is 1. The van der Waals surface area contributed by atoms with Crippen LogP contribution < -0.4 is 0 Å². The van der Waals surface area contributed by atoms with E-state index in [9.17, 15) is 19.5 Å². The molecule has 1 N–H and O–H groups in total. The Kier molecular flexibility index (Phi) is 8.48. The zero-order valence-corrected chi connectivity index (χ0v) is 21.7. The normalized spacial score (nSPS) is 34.0. The molecule has 35 heavy (non-hydrogen) atoms. The fraction of sp³-hybridized carbons (Fsp3) is 0.741. The second-order valence-electron chi connectivity index (χ2n) is 10.5. The summed E-state index contributed by atoms with van der Waals surface area (Å²) in [6.45, 7) is 16.0. The van der Waals surface area contributed by atoms with Crippen LogP contribution in [0.1, 0.15) is 59.8 Å². The van der Waals surface area contributed by atoms with Gasteiger partial charge in [0.15, 0.2) is 0 Å². The molecule has 2 bridgehead atoms. The molecule has 3 unspecified atom stereocenters. The Morgan fingerprint density at radius 2 is 2.06 bits per heavy atom. The van der Waals surface area contributed by atoms with Crippen LogP contribution in [0.2, 0.25) is 0 Å². The van der Waals surface area contributed by atoms with Crippen molar-refractivity contribution >= 4 is 17.8 Å². The first-order valence-electron chi connectivity index (χ1n) is 12.9. The van der Waals surface area contributed by atoms with Gasteiger partial charge in [-0.2, -0.15) is 0 Å². The maximum atomic E-state index is 14.1. The van der Waals surface area contributed by atoms with Crippen LogP contribution in [0.3, 0.4) is 0 Å². The Balaban J connectivity index is 2.03. The van der Waals surface area contributed by atoms with Crippen molar-refractivity contribution < 1.29 is 29.0 Å². The molecule has 3 fully saturated rings. The SMILES string of the molecule is C=CCCCOC(=O)[C@H]1[C@H]2C(=O)N([C@H](C)CO)C(C(=O)N(CC=C)CCCC)C23CC(C)[C@]1(C)O3. The smallest absolute Gasteiger partial charge is 0.312 e. The number of aliphatic hydroxyl groups is 1. The first kappa shape index (κ1) is 27.4. The van der Waals surface area contributed by atoms with Crippen LogP contribution in [0.25, 0.3) is 0 Å². The molecule has 8 nitrogen and oxygen atoms in total. The number of aliphatic hydroxyl groups excluding tert-OH is 1. The average molecular weight is 491 g/mol. The van der Waals surface area contributed by atoms with E-state index in [1.165, 1.54) is 4.90 Å².